The first-order valence-corrected chi connectivity index (χ1v) is 9.69. The molecule has 0 aliphatic carbocycles. The number of aromatic nitrogens is 2. The molecule has 0 radical (unpaired) electrons. The zero-order chi connectivity index (χ0) is 19.3. The van der Waals surface area contributed by atoms with Gasteiger partial charge in [-0.05, 0) is 56.1 Å². The SMILES string of the molecule is COc1ccccc1OCC1CCN(Cc2nc3ccccc3[nH]c2=O)CC1. The molecule has 0 atom stereocenters. The molecule has 0 spiro atoms. The minimum atomic E-state index is -0.0969. The zero-order valence-corrected chi connectivity index (χ0v) is 16.1. The summed E-state index contributed by atoms with van der Waals surface area (Å²) in [6.45, 7) is 3.14. The van der Waals surface area contributed by atoms with Crippen molar-refractivity contribution in [2.24, 2.45) is 5.92 Å². The van der Waals surface area contributed by atoms with Gasteiger partial charge < -0.3 is 14.5 Å². The average Bonchev–Trinajstić information content (AvgIpc) is 2.74. The summed E-state index contributed by atoms with van der Waals surface area (Å²) in [6, 6.07) is 15.4. The fraction of sp³-hybridized carbons (Fsp3) is 0.364. The molecule has 1 saturated heterocycles. The Morgan fingerprint density at radius 3 is 2.57 bits per heavy atom. The summed E-state index contributed by atoms with van der Waals surface area (Å²) < 4.78 is 11.3. The molecule has 3 aromatic rings. The third-order valence-electron chi connectivity index (χ3n) is 5.29. The van der Waals surface area contributed by atoms with Gasteiger partial charge in [-0.25, -0.2) is 4.98 Å². The summed E-state index contributed by atoms with van der Waals surface area (Å²) >= 11 is 0. The molecule has 146 valence electrons. The quantitative estimate of drug-likeness (QED) is 0.712. The summed E-state index contributed by atoms with van der Waals surface area (Å²) in [5.74, 6) is 2.06. The number of likely N-dealkylation sites (tertiary alicyclic amines) is 1. The third kappa shape index (κ3) is 4.17. The molecule has 1 N–H and O–H groups in total. The van der Waals surface area contributed by atoms with Gasteiger partial charge in [-0.1, -0.05) is 24.3 Å². The van der Waals surface area contributed by atoms with E-state index in [0.717, 1.165) is 48.5 Å². The Kier molecular flexibility index (Phi) is 5.58. The Morgan fingerprint density at radius 2 is 1.79 bits per heavy atom. The van der Waals surface area contributed by atoms with Gasteiger partial charge in [0.2, 0.25) is 0 Å². The molecule has 1 aliphatic rings. The minimum Gasteiger partial charge on any atom is -0.493 e. The number of nitrogens with one attached hydrogen (secondary N) is 1. The molecule has 1 fully saturated rings. The Hall–Kier alpha value is -2.86. The number of nitrogens with zero attached hydrogens (tertiary/aromatic N) is 2. The Balaban J connectivity index is 1.32. The summed E-state index contributed by atoms with van der Waals surface area (Å²) in [5.41, 5.74) is 2.10. The fourth-order valence-electron chi connectivity index (χ4n) is 3.64. The van der Waals surface area contributed by atoms with Gasteiger partial charge in [0.1, 0.15) is 5.69 Å². The van der Waals surface area contributed by atoms with Crippen molar-refractivity contribution in [1.29, 1.82) is 0 Å². The predicted molar refractivity (Wildman–Crippen MR) is 109 cm³/mol. The normalized spacial score (nSPS) is 15.6. The van der Waals surface area contributed by atoms with Crippen molar-refractivity contribution in [3.63, 3.8) is 0 Å². The van der Waals surface area contributed by atoms with Crippen molar-refractivity contribution in [3.8, 4) is 11.5 Å². The molecule has 6 nitrogen and oxygen atoms in total. The van der Waals surface area contributed by atoms with Crippen molar-refractivity contribution in [2.45, 2.75) is 19.4 Å². The van der Waals surface area contributed by atoms with Gasteiger partial charge in [-0.2, -0.15) is 0 Å². The number of methoxy groups -OCH3 is 1. The topological polar surface area (TPSA) is 67.5 Å². The van der Waals surface area contributed by atoms with Crippen LogP contribution in [0.2, 0.25) is 0 Å². The van der Waals surface area contributed by atoms with E-state index >= 15 is 0 Å². The molecule has 0 unspecified atom stereocenters. The molecule has 4 rings (SSSR count). The van der Waals surface area contributed by atoms with Crippen LogP contribution in [0.5, 0.6) is 11.5 Å². The van der Waals surface area contributed by atoms with Crippen LogP contribution < -0.4 is 15.0 Å². The van der Waals surface area contributed by atoms with Crippen molar-refractivity contribution in [2.75, 3.05) is 26.8 Å². The Morgan fingerprint density at radius 1 is 1.07 bits per heavy atom. The zero-order valence-electron chi connectivity index (χ0n) is 16.1. The number of ether oxygens (including phenoxy) is 2. The van der Waals surface area contributed by atoms with E-state index in [9.17, 15) is 4.79 Å². The van der Waals surface area contributed by atoms with Crippen LogP contribution in [0.15, 0.2) is 53.3 Å². The van der Waals surface area contributed by atoms with Crippen LogP contribution in [0.25, 0.3) is 11.0 Å². The summed E-state index contributed by atoms with van der Waals surface area (Å²) in [5, 5.41) is 0. The van der Waals surface area contributed by atoms with Gasteiger partial charge in [0.05, 0.1) is 24.8 Å². The number of H-pyrrole nitrogens is 1. The lowest BCUT2D eigenvalue weighted by Crippen LogP contribution is -2.36. The maximum absolute atomic E-state index is 12.3. The van der Waals surface area contributed by atoms with Crippen LogP contribution in [0.4, 0.5) is 0 Å². The lowest BCUT2D eigenvalue weighted by atomic mass is 9.97. The monoisotopic (exact) mass is 379 g/mol. The molecule has 0 bridgehead atoms. The van der Waals surface area contributed by atoms with E-state index in [-0.39, 0.29) is 5.56 Å². The van der Waals surface area contributed by atoms with Crippen LogP contribution in [-0.4, -0.2) is 41.7 Å². The van der Waals surface area contributed by atoms with Gasteiger partial charge in [0.25, 0.3) is 5.56 Å². The van der Waals surface area contributed by atoms with E-state index in [1.54, 1.807) is 7.11 Å². The van der Waals surface area contributed by atoms with Gasteiger partial charge in [0.15, 0.2) is 11.5 Å². The summed E-state index contributed by atoms with van der Waals surface area (Å²) in [4.78, 5) is 22.1. The Labute approximate surface area is 164 Å². The lowest BCUT2D eigenvalue weighted by molar-refractivity contribution is 0.134. The molecule has 0 saturated carbocycles. The molecule has 6 heteroatoms. The highest BCUT2D eigenvalue weighted by atomic mass is 16.5. The number of hydrogen-bond acceptors (Lipinski definition) is 5. The number of piperidine rings is 1. The summed E-state index contributed by atoms with van der Waals surface area (Å²) in [6.07, 6.45) is 2.08. The summed E-state index contributed by atoms with van der Waals surface area (Å²) in [7, 11) is 1.66. The van der Waals surface area contributed by atoms with Crippen LogP contribution in [0, 0.1) is 5.92 Å². The number of rotatable bonds is 6. The molecule has 28 heavy (non-hydrogen) atoms. The lowest BCUT2D eigenvalue weighted by Gasteiger charge is -2.31. The second kappa shape index (κ2) is 8.44. The van der Waals surface area contributed by atoms with Gasteiger partial charge >= 0.3 is 0 Å². The van der Waals surface area contributed by atoms with Crippen molar-refractivity contribution < 1.29 is 9.47 Å². The number of benzene rings is 2. The second-order valence-electron chi connectivity index (χ2n) is 7.21. The van der Waals surface area contributed by atoms with Crippen LogP contribution in [-0.2, 0) is 6.54 Å². The van der Waals surface area contributed by atoms with E-state index in [1.165, 1.54) is 0 Å². The van der Waals surface area contributed by atoms with Crippen LogP contribution in [0.1, 0.15) is 18.5 Å². The highest BCUT2D eigenvalue weighted by Crippen LogP contribution is 2.27. The molecule has 2 aromatic carbocycles. The van der Waals surface area contributed by atoms with Crippen LogP contribution in [0.3, 0.4) is 0 Å². The third-order valence-corrected chi connectivity index (χ3v) is 5.29. The van der Waals surface area contributed by atoms with E-state index < -0.39 is 0 Å². The standard InChI is InChI=1S/C22H25N3O3/c1-27-20-8-4-5-9-21(20)28-15-16-10-12-25(13-11-16)14-19-22(26)24-18-7-3-2-6-17(18)23-19/h2-9,16H,10-15H2,1H3,(H,24,26). The van der Waals surface area contributed by atoms with Crippen LogP contribution >= 0.6 is 0 Å². The van der Waals surface area contributed by atoms with E-state index in [2.05, 4.69) is 14.9 Å². The van der Waals surface area contributed by atoms with Crippen molar-refractivity contribution >= 4 is 11.0 Å². The first kappa shape index (κ1) is 18.5. The highest BCUT2D eigenvalue weighted by molar-refractivity contribution is 5.73. The number of para-hydroxylation sites is 4. The average molecular weight is 379 g/mol. The molecule has 1 aliphatic heterocycles. The molecule has 2 heterocycles. The van der Waals surface area contributed by atoms with Crippen molar-refractivity contribution in [3.05, 3.63) is 64.6 Å². The van der Waals surface area contributed by atoms with E-state index in [4.69, 9.17) is 9.47 Å². The van der Waals surface area contributed by atoms with Gasteiger partial charge in [-0.15, -0.1) is 0 Å². The molecule has 0 amide bonds. The number of fused-ring (bicyclic) bond motifs is 1. The molecule has 1 aromatic heterocycles. The second-order valence-corrected chi connectivity index (χ2v) is 7.21. The maximum Gasteiger partial charge on any atom is 0.271 e. The Bertz CT molecular complexity index is 993. The molecular formula is C22H25N3O3. The number of hydrogen-bond donors (Lipinski definition) is 1. The predicted octanol–water partition coefficient (Wildman–Crippen LogP) is 3.22. The maximum atomic E-state index is 12.3. The largest absolute Gasteiger partial charge is 0.493 e. The first-order valence-electron chi connectivity index (χ1n) is 9.69. The molecular weight excluding hydrogens is 354 g/mol. The van der Waals surface area contributed by atoms with E-state index in [1.807, 2.05) is 48.5 Å². The van der Waals surface area contributed by atoms with E-state index in [0.29, 0.717) is 24.8 Å². The van der Waals surface area contributed by atoms with Gasteiger partial charge in [0, 0.05) is 6.54 Å². The smallest absolute Gasteiger partial charge is 0.271 e. The highest BCUT2D eigenvalue weighted by Gasteiger charge is 2.21. The minimum absolute atomic E-state index is 0.0969. The van der Waals surface area contributed by atoms with Gasteiger partial charge in [-0.3, -0.25) is 9.69 Å². The number of aromatic amines is 1. The fourth-order valence-corrected chi connectivity index (χ4v) is 3.64. The van der Waals surface area contributed by atoms with Crippen molar-refractivity contribution in [1.82, 2.24) is 14.9 Å². The first-order chi connectivity index (χ1) is 13.7.